The minimum Gasteiger partial charge on any atom is -0.399 e. The van der Waals surface area contributed by atoms with E-state index in [0.717, 1.165) is 0 Å². The quantitative estimate of drug-likeness (QED) is 0.826. The molecule has 0 saturated heterocycles. The van der Waals surface area contributed by atoms with Gasteiger partial charge in [0.2, 0.25) is 10.0 Å². The molecule has 0 saturated carbocycles. The summed E-state index contributed by atoms with van der Waals surface area (Å²) in [5, 5.41) is 0.148. The Morgan fingerprint density at radius 2 is 2.07 bits per heavy atom. The monoisotopic (exact) mass is 248 g/mol. The number of nitrogen functional groups attached to an aromatic ring is 1. The van der Waals surface area contributed by atoms with Crippen LogP contribution in [0.3, 0.4) is 0 Å². The summed E-state index contributed by atoms with van der Waals surface area (Å²) >= 11 is 5.83. The lowest BCUT2D eigenvalue weighted by atomic mass is 10.3. The molecule has 0 spiro atoms. The summed E-state index contributed by atoms with van der Waals surface area (Å²) in [4.78, 5) is 0.0858. The summed E-state index contributed by atoms with van der Waals surface area (Å²) in [5.41, 5.74) is 5.93. The van der Waals surface area contributed by atoms with Crippen molar-refractivity contribution in [3.8, 4) is 0 Å². The maximum atomic E-state index is 11.9. The van der Waals surface area contributed by atoms with E-state index in [9.17, 15) is 8.42 Å². The van der Waals surface area contributed by atoms with Crippen molar-refractivity contribution in [1.29, 1.82) is 0 Å². The number of rotatable bonds is 3. The van der Waals surface area contributed by atoms with Crippen LogP contribution < -0.4 is 5.73 Å². The topological polar surface area (TPSA) is 63.4 Å². The van der Waals surface area contributed by atoms with Crippen molar-refractivity contribution >= 4 is 27.3 Å². The minimum absolute atomic E-state index is 0.0858. The second kappa shape index (κ2) is 4.38. The van der Waals surface area contributed by atoms with Gasteiger partial charge in [0.05, 0.1) is 5.02 Å². The predicted molar refractivity (Wildman–Crippen MR) is 61.4 cm³/mol. The highest BCUT2D eigenvalue weighted by molar-refractivity contribution is 7.89. The van der Waals surface area contributed by atoms with Crippen LogP contribution in [0.4, 0.5) is 5.69 Å². The van der Waals surface area contributed by atoms with Crippen molar-refractivity contribution in [3.05, 3.63) is 23.2 Å². The fraction of sp³-hybridized carbons (Fsp3) is 0.333. The second-order valence-electron chi connectivity index (χ2n) is 3.11. The van der Waals surface area contributed by atoms with Gasteiger partial charge in [-0.2, -0.15) is 0 Å². The Hall–Kier alpha value is -0.780. The van der Waals surface area contributed by atoms with E-state index in [1.54, 1.807) is 6.92 Å². The molecule has 2 N–H and O–H groups in total. The van der Waals surface area contributed by atoms with Crippen LogP contribution in [0, 0.1) is 0 Å². The zero-order valence-electron chi connectivity index (χ0n) is 8.57. The largest absolute Gasteiger partial charge is 0.399 e. The first-order valence-corrected chi connectivity index (χ1v) is 6.22. The number of halogens is 1. The van der Waals surface area contributed by atoms with Gasteiger partial charge in [0.15, 0.2) is 0 Å². The van der Waals surface area contributed by atoms with Crippen LogP contribution in [0.15, 0.2) is 23.1 Å². The van der Waals surface area contributed by atoms with E-state index >= 15 is 0 Å². The lowest BCUT2D eigenvalue weighted by Crippen LogP contribution is -2.26. The van der Waals surface area contributed by atoms with Gasteiger partial charge >= 0.3 is 0 Å². The van der Waals surface area contributed by atoms with Gasteiger partial charge in [0, 0.05) is 19.3 Å². The minimum atomic E-state index is -3.49. The zero-order valence-corrected chi connectivity index (χ0v) is 10.1. The molecular weight excluding hydrogens is 236 g/mol. The highest BCUT2D eigenvalue weighted by Gasteiger charge is 2.21. The lowest BCUT2D eigenvalue weighted by Gasteiger charge is -2.15. The SMILES string of the molecule is CCN(C)S(=O)(=O)c1ccc(N)cc1Cl. The average Bonchev–Trinajstić information content (AvgIpc) is 2.15. The van der Waals surface area contributed by atoms with Crippen molar-refractivity contribution in [2.24, 2.45) is 0 Å². The highest BCUT2D eigenvalue weighted by Crippen LogP contribution is 2.25. The molecule has 1 rings (SSSR count). The van der Waals surface area contributed by atoms with Crippen molar-refractivity contribution in [3.63, 3.8) is 0 Å². The fourth-order valence-corrected chi connectivity index (χ4v) is 2.77. The van der Waals surface area contributed by atoms with E-state index in [0.29, 0.717) is 12.2 Å². The van der Waals surface area contributed by atoms with Gasteiger partial charge in [-0.1, -0.05) is 18.5 Å². The second-order valence-corrected chi connectivity index (χ2v) is 5.53. The molecule has 84 valence electrons. The summed E-state index contributed by atoms with van der Waals surface area (Å²) < 4.78 is 25.0. The first-order chi connectivity index (χ1) is 6.89. The molecule has 0 unspecified atom stereocenters. The molecule has 6 heteroatoms. The molecule has 0 aliphatic rings. The van der Waals surface area contributed by atoms with E-state index < -0.39 is 10.0 Å². The summed E-state index contributed by atoms with van der Waals surface area (Å²) in [6.45, 7) is 2.14. The maximum Gasteiger partial charge on any atom is 0.244 e. The van der Waals surface area contributed by atoms with E-state index in [2.05, 4.69) is 0 Å². The summed E-state index contributed by atoms with van der Waals surface area (Å²) in [7, 11) is -1.99. The third-order valence-electron chi connectivity index (χ3n) is 2.09. The van der Waals surface area contributed by atoms with Gasteiger partial charge in [-0.3, -0.25) is 0 Å². The van der Waals surface area contributed by atoms with E-state index in [4.69, 9.17) is 17.3 Å². The number of nitrogens with two attached hydrogens (primary N) is 1. The van der Waals surface area contributed by atoms with Gasteiger partial charge in [-0.15, -0.1) is 0 Å². The molecule has 1 aromatic carbocycles. The van der Waals surface area contributed by atoms with Crippen molar-refractivity contribution < 1.29 is 8.42 Å². The van der Waals surface area contributed by atoms with E-state index in [-0.39, 0.29) is 9.92 Å². The Labute approximate surface area is 94.7 Å². The number of anilines is 1. The van der Waals surface area contributed by atoms with Gasteiger partial charge < -0.3 is 5.73 Å². The normalized spacial score (nSPS) is 12.0. The smallest absolute Gasteiger partial charge is 0.244 e. The van der Waals surface area contributed by atoms with Crippen LogP contribution >= 0.6 is 11.6 Å². The Kier molecular flexibility index (Phi) is 3.59. The third-order valence-corrected chi connectivity index (χ3v) is 4.50. The summed E-state index contributed by atoms with van der Waals surface area (Å²) in [5.74, 6) is 0. The third kappa shape index (κ3) is 2.42. The highest BCUT2D eigenvalue weighted by atomic mass is 35.5. The number of hydrogen-bond acceptors (Lipinski definition) is 3. The summed E-state index contributed by atoms with van der Waals surface area (Å²) in [6, 6.07) is 4.36. The Bertz CT molecular complexity index is 459. The Balaban J connectivity index is 3.28. The van der Waals surface area contributed by atoms with Crippen LogP contribution in [0.1, 0.15) is 6.92 Å². The van der Waals surface area contributed by atoms with Crippen LogP contribution in [-0.4, -0.2) is 26.3 Å². The van der Waals surface area contributed by atoms with Crippen LogP contribution in [0.25, 0.3) is 0 Å². The number of nitrogens with zero attached hydrogens (tertiary/aromatic N) is 1. The fourth-order valence-electron chi connectivity index (χ4n) is 1.06. The Morgan fingerprint density at radius 1 is 1.47 bits per heavy atom. The predicted octanol–water partition coefficient (Wildman–Crippen LogP) is 1.56. The maximum absolute atomic E-state index is 11.9. The molecule has 0 aromatic heterocycles. The molecule has 0 fully saturated rings. The molecule has 0 amide bonds. The molecule has 0 heterocycles. The molecule has 4 nitrogen and oxygen atoms in total. The van der Waals surface area contributed by atoms with E-state index in [1.165, 1.54) is 29.6 Å². The van der Waals surface area contributed by atoms with Crippen LogP contribution in [0.2, 0.25) is 5.02 Å². The van der Waals surface area contributed by atoms with Crippen molar-refractivity contribution in [1.82, 2.24) is 4.31 Å². The van der Waals surface area contributed by atoms with Crippen LogP contribution in [-0.2, 0) is 10.0 Å². The lowest BCUT2D eigenvalue weighted by molar-refractivity contribution is 0.486. The number of hydrogen-bond donors (Lipinski definition) is 1. The first kappa shape index (κ1) is 12.3. The van der Waals surface area contributed by atoms with Crippen molar-refractivity contribution in [2.75, 3.05) is 19.3 Å². The Morgan fingerprint density at radius 3 is 2.53 bits per heavy atom. The van der Waals surface area contributed by atoms with Crippen LogP contribution in [0.5, 0.6) is 0 Å². The number of benzene rings is 1. The summed E-state index contributed by atoms with van der Waals surface area (Å²) in [6.07, 6.45) is 0. The van der Waals surface area contributed by atoms with Gasteiger partial charge in [-0.25, -0.2) is 12.7 Å². The van der Waals surface area contributed by atoms with Crippen molar-refractivity contribution in [2.45, 2.75) is 11.8 Å². The molecule has 0 atom stereocenters. The van der Waals surface area contributed by atoms with Gasteiger partial charge in [0.1, 0.15) is 4.90 Å². The molecular formula is C9H13ClN2O2S. The standard InChI is InChI=1S/C9H13ClN2O2S/c1-3-12(2)15(13,14)9-5-4-7(11)6-8(9)10/h4-6H,3,11H2,1-2H3. The zero-order chi connectivity index (χ0) is 11.6. The first-order valence-electron chi connectivity index (χ1n) is 4.41. The molecule has 0 radical (unpaired) electrons. The molecule has 0 aliphatic carbocycles. The average molecular weight is 249 g/mol. The van der Waals surface area contributed by atoms with E-state index in [1.807, 2.05) is 0 Å². The molecule has 15 heavy (non-hydrogen) atoms. The van der Waals surface area contributed by atoms with Gasteiger partial charge in [0.25, 0.3) is 0 Å². The number of sulfonamides is 1. The van der Waals surface area contributed by atoms with Gasteiger partial charge in [-0.05, 0) is 18.2 Å². The molecule has 0 aliphatic heterocycles. The molecule has 0 bridgehead atoms. The molecule has 1 aromatic rings.